The zero-order chi connectivity index (χ0) is 22.5. The number of hydrogen-bond donors (Lipinski definition) is 0. The molecule has 0 N–H and O–H groups in total. The SMILES string of the molecule is O=C(CCC(=O)c1cccc2ccccc12)CC(=O)CC(=O)c1cccc2ccccc12. The van der Waals surface area contributed by atoms with Crippen LogP contribution in [-0.2, 0) is 9.59 Å². The van der Waals surface area contributed by atoms with Gasteiger partial charge in [0, 0.05) is 24.0 Å². The highest BCUT2D eigenvalue weighted by Gasteiger charge is 2.18. The lowest BCUT2D eigenvalue weighted by Gasteiger charge is -2.06. The second kappa shape index (κ2) is 9.48. The molecule has 0 aliphatic carbocycles. The van der Waals surface area contributed by atoms with Crippen LogP contribution in [0.5, 0.6) is 0 Å². The zero-order valence-electron chi connectivity index (χ0n) is 17.5. The quantitative estimate of drug-likeness (QED) is 0.254. The molecule has 4 nitrogen and oxygen atoms in total. The van der Waals surface area contributed by atoms with Gasteiger partial charge in [-0.3, -0.25) is 19.2 Å². The third-order valence-electron chi connectivity index (χ3n) is 5.56. The lowest BCUT2D eigenvalue weighted by molar-refractivity contribution is -0.126. The van der Waals surface area contributed by atoms with E-state index in [-0.39, 0.29) is 43.0 Å². The average molecular weight is 422 g/mol. The summed E-state index contributed by atoms with van der Waals surface area (Å²) in [6.07, 6.45) is -0.635. The Morgan fingerprint density at radius 1 is 0.469 bits per heavy atom. The molecule has 32 heavy (non-hydrogen) atoms. The van der Waals surface area contributed by atoms with Gasteiger partial charge in [0.05, 0.1) is 12.8 Å². The van der Waals surface area contributed by atoms with Gasteiger partial charge in [0.1, 0.15) is 11.6 Å². The molecule has 0 fully saturated rings. The van der Waals surface area contributed by atoms with Crippen LogP contribution in [0.3, 0.4) is 0 Å². The lowest BCUT2D eigenvalue weighted by Crippen LogP contribution is -2.14. The minimum atomic E-state index is -0.425. The first-order chi connectivity index (χ1) is 15.5. The molecule has 0 heterocycles. The first-order valence-electron chi connectivity index (χ1n) is 10.6. The molecule has 0 bridgehead atoms. The summed E-state index contributed by atoms with van der Waals surface area (Å²) in [6.45, 7) is 0. The topological polar surface area (TPSA) is 68.3 Å². The van der Waals surface area contributed by atoms with E-state index in [0.717, 1.165) is 21.5 Å². The smallest absolute Gasteiger partial charge is 0.170 e. The molecule has 0 saturated carbocycles. The maximum atomic E-state index is 12.6. The van der Waals surface area contributed by atoms with Crippen molar-refractivity contribution in [3.05, 3.63) is 96.1 Å². The van der Waals surface area contributed by atoms with E-state index in [1.165, 1.54) is 0 Å². The van der Waals surface area contributed by atoms with Crippen LogP contribution in [0.4, 0.5) is 0 Å². The van der Waals surface area contributed by atoms with E-state index in [0.29, 0.717) is 11.1 Å². The monoisotopic (exact) mass is 422 g/mol. The van der Waals surface area contributed by atoms with Gasteiger partial charge in [-0.1, -0.05) is 84.9 Å². The van der Waals surface area contributed by atoms with Crippen LogP contribution in [-0.4, -0.2) is 23.1 Å². The Labute approximate surface area is 185 Å². The molecule has 0 amide bonds. The highest BCUT2D eigenvalue weighted by Crippen LogP contribution is 2.22. The number of carbonyl (C=O) groups excluding carboxylic acids is 4. The summed E-state index contributed by atoms with van der Waals surface area (Å²) in [6, 6.07) is 26.0. The number of benzene rings is 4. The summed E-state index contributed by atoms with van der Waals surface area (Å²) in [4.78, 5) is 49.9. The van der Waals surface area contributed by atoms with Gasteiger partial charge in [0.2, 0.25) is 0 Å². The summed E-state index contributed by atoms with van der Waals surface area (Å²) in [7, 11) is 0. The fourth-order valence-corrected chi connectivity index (χ4v) is 3.97. The molecule has 158 valence electrons. The van der Waals surface area contributed by atoms with Crippen LogP contribution >= 0.6 is 0 Å². The first kappa shape index (κ1) is 21.3. The van der Waals surface area contributed by atoms with Gasteiger partial charge < -0.3 is 0 Å². The Bertz CT molecular complexity index is 1340. The number of rotatable bonds is 9. The summed E-state index contributed by atoms with van der Waals surface area (Å²) in [5, 5.41) is 3.53. The molecular formula is C28H22O4. The third kappa shape index (κ3) is 4.70. The molecule has 0 atom stereocenters. The van der Waals surface area contributed by atoms with Crippen molar-refractivity contribution in [1.29, 1.82) is 0 Å². The number of carbonyl (C=O) groups is 4. The number of hydrogen-bond acceptors (Lipinski definition) is 4. The van der Waals surface area contributed by atoms with Crippen LogP contribution in [0.25, 0.3) is 21.5 Å². The molecule has 0 spiro atoms. The zero-order valence-corrected chi connectivity index (χ0v) is 17.5. The largest absolute Gasteiger partial charge is 0.299 e. The van der Waals surface area contributed by atoms with E-state index in [2.05, 4.69) is 0 Å². The van der Waals surface area contributed by atoms with Gasteiger partial charge in [-0.2, -0.15) is 0 Å². The molecule has 0 aliphatic heterocycles. The van der Waals surface area contributed by atoms with Crippen molar-refractivity contribution < 1.29 is 19.2 Å². The van der Waals surface area contributed by atoms with Crippen molar-refractivity contribution in [3.8, 4) is 0 Å². The van der Waals surface area contributed by atoms with Crippen LogP contribution in [0.1, 0.15) is 46.4 Å². The predicted molar refractivity (Wildman–Crippen MR) is 125 cm³/mol. The van der Waals surface area contributed by atoms with Gasteiger partial charge in [-0.05, 0) is 21.5 Å². The summed E-state index contributed by atoms with van der Waals surface area (Å²) in [5.74, 6) is -1.18. The Balaban J connectivity index is 1.34. The fraction of sp³-hybridized carbons (Fsp3) is 0.143. The van der Waals surface area contributed by atoms with Crippen molar-refractivity contribution in [1.82, 2.24) is 0 Å². The van der Waals surface area contributed by atoms with Crippen LogP contribution in [0, 0.1) is 0 Å². The molecule has 4 rings (SSSR count). The normalized spacial score (nSPS) is 10.9. The molecule has 0 aromatic heterocycles. The number of ketones is 4. The molecule has 0 radical (unpaired) electrons. The van der Waals surface area contributed by atoms with Crippen LogP contribution < -0.4 is 0 Å². The van der Waals surface area contributed by atoms with E-state index < -0.39 is 5.78 Å². The van der Waals surface area contributed by atoms with Crippen LogP contribution in [0.15, 0.2) is 84.9 Å². The molecule has 4 aromatic rings. The molecule has 0 saturated heterocycles. The van der Waals surface area contributed by atoms with E-state index >= 15 is 0 Å². The highest BCUT2D eigenvalue weighted by molar-refractivity contribution is 6.17. The average Bonchev–Trinajstić information content (AvgIpc) is 2.81. The Kier molecular flexibility index (Phi) is 6.31. The van der Waals surface area contributed by atoms with E-state index in [1.54, 1.807) is 18.2 Å². The third-order valence-corrected chi connectivity index (χ3v) is 5.56. The highest BCUT2D eigenvalue weighted by atomic mass is 16.2. The maximum Gasteiger partial charge on any atom is 0.170 e. The molecule has 4 aromatic carbocycles. The van der Waals surface area contributed by atoms with Gasteiger partial charge in [0.25, 0.3) is 0 Å². The van der Waals surface area contributed by atoms with Crippen LogP contribution in [0.2, 0.25) is 0 Å². The van der Waals surface area contributed by atoms with Gasteiger partial charge in [-0.15, -0.1) is 0 Å². The minimum Gasteiger partial charge on any atom is -0.299 e. The lowest BCUT2D eigenvalue weighted by atomic mass is 9.96. The van der Waals surface area contributed by atoms with E-state index in [9.17, 15) is 19.2 Å². The Morgan fingerprint density at radius 3 is 1.56 bits per heavy atom. The Hall–Kier alpha value is -3.92. The summed E-state index contributed by atoms with van der Waals surface area (Å²) >= 11 is 0. The Morgan fingerprint density at radius 2 is 0.969 bits per heavy atom. The van der Waals surface area contributed by atoms with Crippen molar-refractivity contribution in [3.63, 3.8) is 0 Å². The van der Waals surface area contributed by atoms with Crippen molar-refractivity contribution in [2.45, 2.75) is 25.7 Å². The summed E-state index contributed by atoms with van der Waals surface area (Å²) < 4.78 is 0. The van der Waals surface area contributed by atoms with Crippen molar-refractivity contribution >= 4 is 44.7 Å². The van der Waals surface area contributed by atoms with Crippen molar-refractivity contribution in [2.75, 3.05) is 0 Å². The molecular weight excluding hydrogens is 400 g/mol. The minimum absolute atomic E-state index is 0.0176. The van der Waals surface area contributed by atoms with Gasteiger partial charge >= 0.3 is 0 Å². The maximum absolute atomic E-state index is 12.6. The fourth-order valence-electron chi connectivity index (χ4n) is 3.97. The van der Waals surface area contributed by atoms with Gasteiger partial charge in [-0.25, -0.2) is 0 Å². The number of Topliss-reactive ketones (excluding diaryl/α,β-unsaturated/α-hetero) is 4. The number of fused-ring (bicyclic) bond motifs is 2. The van der Waals surface area contributed by atoms with E-state index in [1.807, 2.05) is 66.7 Å². The second-order valence-corrected chi connectivity index (χ2v) is 7.83. The molecule has 0 aliphatic rings. The van der Waals surface area contributed by atoms with Crippen molar-refractivity contribution in [2.24, 2.45) is 0 Å². The second-order valence-electron chi connectivity index (χ2n) is 7.83. The van der Waals surface area contributed by atoms with Gasteiger partial charge in [0.15, 0.2) is 11.6 Å². The molecule has 0 unspecified atom stereocenters. The predicted octanol–water partition coefficient (Wildman–Crippen LogP) is 5.76. The molecule has 4 heteroatoms. The standard InChI is InChI=1S/C28H22O4/c29-21(15-16-27(31)25-13-5-9-19-7-1-3-11-23(19)25)17-22(30)18-28(32)26-14-6-10-20-8-2-4-12-24(20)26/h1-14H,15-18H2. The van der Waals surface area contributed by atoms with E-state index in [4.69, 9.17) is 0 Å². The summed E-state index contributed by atoms with van der Waals surface area (Å²) in [5.41, 5.74) is 1.06. The first-order valence-corrected chi connectivity index (χ1v) is 10.6.